The zero-order valence-electron chi connectivity index (χ0n) is 17.7. The van der Waals surface area contributed by atoms with Gasteiger partial charge in [0.2, 0.25) is 0 Å². The van der Waals surface area contributed by atoms with Gasteiger partial charge in [0.25, 0.3) is 11.8 Å². The first-order valence-corrected chi connectivity index (χ1v) is 11.1. The van der Waals surface area contributed by atoms with Gasteiger partial charge in [0.05, 0.1) is 22.9 Å². The van der Waals surface area contributed by atoms with Crippen molar-refractivity contribution in [3.8, 4) is 0 Å². The Hall–Kier alpha value is -3.15. The molecule has 1 N–H and O–H groups in total. The molecule has 0 aliphatic carbocycles. The van der Waals surface area contributed by atoms with Gasteiger partial charge in [-0.05, 0) is 55.7 Å². The minimum atomic E-state index is -0.251. The highest BCUT2D eigenvalue weighted by molar-refractivity contribution is 6.35. The van der Waals surface area contributed by atoms with Gasteiger partial charge in [-0.25, -0.2) is 0 Å². The summed E-state index contributed by atoms with van der Waals surface area (Å²) < 4.78 is 5.79. The van der Waals surface area contributed by atoms with Crippen LogP contribution >= 0.6 is 11.6 Å². The summed E-state index contributed by atoms with van der Waals surface area (Å²) in [7, 11) is 0. The number of epoxide rings is 1. The number of ether oxygens (including phenoxy) is 1. The zero-order valence-corrected chi connectivity index (χ0v) is 18.5. The van der Waals surface area contributed by atoms with Crippen molar-refractivity contribution in [1.29, 1.82) is 0 Å². The number of benzene rings is 3. The lowest BCUT2D eigenvalue weighted by Crippen LogP contribution is -2.32. The Labute approximate surface area is 192 Å². The molecule has 0 radical (unpaired) electrons. The highest BCUT2D eigenvalue weighted by Crippen LogP contribution is 2.49. The van der Waals surface area contributed by atoms with Crippen LogP contribution in [0.4, 0.5) is 11.4 Å². The molecule has 1 spiro atoms. The fourth-order valence-electron chi connectivity index (χ4n) is 4.41. The van der Waals surface area contributed by atoms with E-state index in [0.717, 1.165) is 29.7 Å². The van der Waals surface area contributed by atoms with Crippen LogP contribution in [0.3, 0.4) is 0 Å². The molecular formula is C26H23ClN2O3. The molecule has 6 heteroatoms. The van der Waals surface area contributed by atoms with Crippen molar-refractivity contribution >= 4 is 34.8 Å². The Morgan fingerprint density at radius 1 is 1.03 bits per heavy atom. The van der Waals surface area contributed by atoms with E-state index in [4.69, 9.17) is 16.3 Å². The lowest BCUT2D eigenvalue weighted by molar-refractivity contribution is 0.0985. The molecular weight excluding hydrogens is 424 g/mol. The molecule has 1 fully saturated rings. The van der Waals surface area contributed by atoms with Gasteiger partial charge in [0.15, 0.2) is 0 Å². The van der Waals surface area contributed by atoms with Crippen LogP contribution < -0.4 is 10.2 Å². The summed E-state index contributed by atoms with van der Waals surface area (Å²) >= 11 is 6.52. The molecule has 0 aromatic heterocycles. The average molecular weight is 447 g/mol. The molecule has 3 aromatic rings. The normalized spacial score (nSPS) is 19.2. The quantitative estimate of drug-likeness (QED) is 0.535. The second kappa shape index (κ2) is 8.08. The molecule has 0 saturated carbocycles. The first-order chi connectivity index (χ1) is 15.5. The van der Waals surface area contributed by atoms with E-state index in [2.05, 4.69) is 5.32 Å². The van der Waals surface area contributed by atoms with E-state index in [0.29, 0.717) is 35.0 Å². The number of nitrogens with zero attached hydrogens (tertiary/aromatic N) is 1. The summed E-state index contributed by atoms with van der Waals surface area (Å²) in [5.41, 5.74) is 4.12. The van der Waals surface area contributed by atoms with Crippen LogP contribution in [0.25, 0.3) is 0 Å². The molecule has 1 unspecified atom stereocenters. The van der Waals surface area contributed by atoms with Crippen molar-refractivity contribution in [2.75, 3.05) is 23.4 Å². The van der Waals surface area contributed by atoms with E-state index in [1.807, 2.05) is 49.4 Å². The number of carbonyl (C=O) groups is 2. The van der Waals surface area contributed by atoms with Crippen LogP contribution in [0.2, 0.25) is 5.02 Å². The largest absolute Gasteiger partial charge is 0.364 e. The molecule has 5 rings (SSSR count). The maximum atomic E-state index is 13.5. The van der Waals surface area contributed by atoms with Crippen LogP contribution in [0, 0.1) is 6.92 Å². The number of hydrogen-bond donors (Lipinski definition) is 1. The van der Waals surface area contributed by atoms with Gasteiger partial charge in [-0.15, -0.1) is 0 Å². The molecule has 2 aliphatic rings. The number of para-hydroxylation sites is 1. The SMILES string of the molecule is Cc1ccccc1C(=O)Nc1ccc(C(=O)N2CCCC3(CO3)c3ccccc32)c(Cl)c1. The lowest BCUT2D eigenvalue weighted by atomic mass is 9.95. The van der Waals surface area contributed by atoms with Gasteiger partial charge in [-0.3, -0.25) is 9.59 Å². The smallest absolute Gasteiger partial charge is 0.259 e. The second-order valence-corrected chi connectivity index (χ2v) is 8.73. The highest BCUT2D eigenvalue weighted by atomic mass is 35.5. The number of fused-ring (bicyclic) bond motifs is 2. The van der Waals surface area contributed by atoms with Crippen molar-refractivity contribution in [1.82, 2.24) is 0 Å². The molecule has 1 atom stereocenters. The number of hydrogen-bond acceptors (Lipinski definition) is 3. The van der Waals surface area contributed by atoms with Crippen LogP contribution in [0.5, 0.6) is 0 Å². The number of anilines is 2. The monoisotopic (exact) mass is 446 g/mol. The Bertz CT molecular complexity index is 1220. The van der Waals surface area contributed by atoms with E-state index < -0.39 is 0 Å². The predicted octanol–water partition coefficient (Wildman–Crippen LogP) is 5.57. The third kappa shape index (κ3) is 3.68. The van der Waals surface area contributed by atoms with E-state index in [-0.39, 0.29) is 17.4 Å². The highest BCUT2D eigenvalue weighted by Gasteiger charge is 2.49. The fraction of sp³-hybridized carbons (Fsp3) is 0.231. The molecule has 2 aliphatic heterocycles. The number of halogens is 1. The van der Waals surface area contributed by atoms with Crippen LogP contribution in [0.15, 0.2) is 66.7 Å². The number of rotatable bonds is 3. The van der Waals surface area contributed by atoms with Crippen LogP contribution in [-0.4, -0.2) is 25.0 Å². The molecule has 2 amide bonds. The maximum absolute atomic E-state index is 13.5. The summed E-state index contributed by atoms with van der Waals surface area (Å²) in [6, 6.07) is 20.3. The van der Waals surface area contributed by atoms with Crippen molar-refractivity contribution < 1.29 is 14.3 Å². The third-order valence-electron chi connectivity index (χ3n) is 6.23. The molecule has 32 heavy (non-hydrogen) atoms. The first kappa shape index (κ1) is 20.7. The van der Waals surface area contributed by atoms with E-state index in [1.54, 1.807) is 29.2 Å². The minimum Gasteiger partial charge on any atom is -0.364 e. The van der Waals surface area contributed by atoms with Crippen molar-refractivity contribution in [2.24, 2.45) is 0 Å². The van der Waals surface area contributed by atoms with Crippen molar-refractivity contribution in [3.05, 3.63) is 94.0 Å². The van der Waals surface area contributed by atoms with E-state index >= 15 is 0 Å². The number of amides is 2. The van der Waals surface area contributed by atoms with Gasteiger partial charge in [-0.2, -0.15) is 0 Å². The maximum Gasteiger partial charge on any atom is 0.259 e. The van der Waals surface area contributed by atoms with Gasteiger partial charge >= 0.3 is 0 Å². The topological polar surface area (TPSA) is 61.9 Å². The van der Waals surface area contributed by atoms with Crippen LogP contribution in [0.1, 0.15) is 44.7 Å². The Balaban J connectivity index is 1.40. The molecule has 1 saturated heterocycles. The Kier molecular flexibility index (Phi) is 5.24. The number of aryl methyl sites for hydroxylation is 1. The second-order valence-electron chi connectivity index (χ2n) is 8.32. The summed E-state index contributed by atoms with van der Waals surface area (Å²) in [5.74, 6) is -0.369. The average Bonchev–Trinajstić information content (AvgIpc) is 3.59. The number of carbonyl (C=O) groups excluding carboxylic acids is 2. The summed E-state index contributed by atoms with van der Waals surface area (Å²) in [6.07, 6.45) is 1.74. The van der Waals surface area contributed by atoms with E-state index in [1.165, 1.54) is 0 Å². The Morgan fingerprint density at radius 3 is 2.53 bits per heavy atom. The molecule has 0 bridgehead atoms. The fourth-order valence-corrected chi connectivity index (χ4v) is 4.67. The third-order valence-corrected chi connectivity index (χ3v) is 6.55. The van der Waals surface area contributed by atoms with Gasteiger partial charge in [0, 0.05) is 23.4 Å². The van der Waals surface area contributed by atoms with E-state index in [9.17, 15) is 9.59 Å². The van der Waals surface area contributed by atoms with Crippen molar-refractivity contribution in [3.63, 3.8) is 0 Å². The summed E-state index contributed by atoms with van der Waals surface area (Å²) in [5, 5.41) is 3.17. The molecule has 162 valence electrons. The zero-order chi connectivity index (χ0) is 22.3. The minimum absolute atomic E-state index is 0.156. The molecule has 3 aromatic carbocycles. The van der Waals surface area contributed by atoms with Crippen molar-refractivity contribution in [2.45, 2.75) is 25.4 Å². The molecule has 2 heterocycles. The number of nitrogens with one attached hydrogen (secondary N) is 1. The van der Waals surface area contributed by atoms with Crippen LogP contribution in [-0.2, 0) is 10.3 Å². The first-order valence-electron chi connectivity index (χ1n) is 10.7. The predicted molar refractivity (Wildman–Crippen MR) is 126 cm³/mol. The Morgan fingerprint density at radius 2 is 1.78 bits per heavy atom. The lowest BCUT2D eigenvalue weighted by Gasteiger charge is -2.24. The molecule has 5 nitrogen and oxygen atoms in total. The summed E-state index contributed by atoms with van der Waals surface area (Å²) in [6.45, 7) is 3.19. The van der Waals surface area contributed by atoms with Gasteiger partial charge in [0.1, 0.15) is 5.60 Å². The summed E-state index contributed by atoms with van der Waals surface area (Å²) in [4.78, 5) is 27.9. The van der Waals surface area contributed by atoms with Gasteiger partial charge < -0.3 is 15.0 Å². The van der Waals surface area contributed by atoms with Gasteiger partial charge in [-0.1, -0.05) is 48.0 Å². The standard InChI is InChI=1S/C26H23ClN2O3/c1-17-7-2-3-8-19(17)24(30)28-18-11-12-20(22(27)15-18)25(31)29-14-6-13-26(16-32-26)21-9-4-5-10-23(21)29/h2-5,7-12,15H,6,13-14,16H2,1H3,(H,28,30).